The molecule has 6 heteroatoms. The van der Waals surface area contributed by atoms with Crippen molar-refractivity contribution in [1.29, 1.82) is 0 Å². The molecule has 0 aromatic rings. The first-order valence-electron chi connectivity index (χ1n) is 5.32. The van der Waals surface area contributed by atoms with Crippen LogP contribution in [0, 0.1) is 0 Å². The molecule has 0 radical (unpaired) electrons. The molecule has 0 saturated carbocycles. The number of rotatable bonds is 7. The van der Waals surface area contributed by atoms with Gasteiger partial charge in [-0.05, 0) is 27.2 Å². The van der Waals surface area contributed by atoms with Crippen molar-refractivity contribution in [2.75, 3.05) is 26.4 Å². The van der Waals surface area contributed by atoms with Crippen molar-refractivity contribution < 1.29 is 19.1 Å². The maximum atomic E-state index is 11.2. The van der Waals surface area contributed by atoms with Gasteiger partial charge >= 0.3 is 6.09 Å². The van der Waals surface area contributed by atoms with Crippen LogP contribution in [0.15, 0.2) is 0 Å². The molecule has 0 bridgehead atoms. The van der Waals surface area contributed by atoms with Crippen LogP contribution in [0.4, 0.5) is 4.79 Å². The summed E-state index contributed by atoms with van der Waals surface area (Å²) in [6.45, 7) is 7.38. The maximum absolute atomic E-state index is 11.2. The molecule has 0 aromatic carbocycles. The SMILES string of the molecule is CC(C)(C)OC(=O)NCCCOCCON. The number of nitrogens with one attached hydrogen (secondary N) is 1. The first-order chi connectivity index (χ1) is 7.45. The number of amides is 1. The van der Waals surface area contributed by atoms with Crippen LogP contribution in [-0.2, 0) is 14.3 Å². The molecule has 16 heavy (non-hydrogen) atoms. The van der Waals surface area contributed by atoms with Crippen molar-refractivity contribution in [3.05, 3.63) is 0 Å². The summed E-state index contributed by atoms with van der Waals surface area (Å²) < 4.78 is 10.2. The maximum Gasteiger partial charge on any atom is 0.407 e. The summed E-state index contributed by atoms with van der Waals surface area (Å²) in [7, 11) is 0. The molecule has 0 aliphatic carbocycles. The Balaban J connectivity index is 3.28. The molecule has 0 fully saturated rings. The molecule has 6 nitrogen and oxygen atoms in total. The summed E-state index contributed by atoms with van der Waals surface area (Å²) in [6.07, 6.45) is 0.321. The van der Waals surface area contributed by atoms with Crippen LogP contribution in [0.3, 0.4) is 0 Å². The third kappa shape index (κ3) is 11.2. The fourth-order valence-electron chi connectivity index (χ4n) is 0.888. The fourth-order valence-corrected chi connectivity index (χ4v) is 0.888. The summed E-state index contributed by atoms with van der Waals surface area (Å²) in [5.74, 6) is 4.81. The number of alkyl carbamates (subject to hydrolysis) is 1. The average Bonchev–Trinajstić information content (AvgIpc) is 2.13. The van der Waals surface area contributed by atoms with E-state index in [1.165, 1.54) is 0 Å². The van der Waals surface area contributed by atoms with Crippen LogP contribution in [0.25, 0.3) is 0 Å². The molecule has 0 aliphatic heterocycles. The predicted octanol–water partition coefficient (Wildman–Crippen LogP) is 0.808. The smallest absolute Gasteiger partial charge is 0.407 e. The van der Waals surface area contributed by atoms with Crippen molar-refractivity contribution in [1.82, 2.24) is 5.32 Å². The van der Waals surface area contributed by atoms with E-state index in [1.807, 2.05) is 20.8 Å². The predicted molar refractivity (Wildman–Crippen MR) is 59.8 cm³/mol. The summed E-state index contributed by atoms with van der Waals surface area (Å²) in [5.41, 5.74) is -0.459. The Labute approximate surface area is 96.4 Å². The van der Waals surface area contributed by atoms with Crippen LogP contribution in [0.5, 0.6) is 0 Å². The number of carbonyl (C=O) groups is 1. The van der Waals surface area contributed by atoms with Crippen molar-refractivity contribution >= 4 is 6.09 Å². The molecule has 0 saturated heterocycles. The molecular weight excluding hydrogens is 212 g/mol. The van der Waals surface area contributed by atoms with E-state index in [1.54, 1.807) is 0 Å². The third-order valence-electron chi connectivity index (χ3n) is 1.48. The first-order valence-corrected chi connectivity index (χ1v) is 5.32. The van der Waals surface area contributed by atoms with Crippen LogP contribution >= 0.6 is 0 Å². The number of nitrogens with two attached hydrogens (primary N) is 1. The Hall–Kier alpha value is -0.850. The van der Waals surface area contributed by atoms with Crippen molar-refractivity contribution in [3.8, 4) is 0 Å². The molecular formula is C10H22N2O4. The Morgan fingerprint density at radius 2 is 1.94 bits per heavy atom. The van der Waals surface area contributed by atoms with Gasteiger partial charge in [0, 0.05) is 13.2 Å². The molecule has 0 aliphatic rings. The Morgan fingerprint density at radius 3 is 2.50 bits per heavy atom. The minimum Gasteiger partial charge on any atom is -0.444 e. The van der Waals surface area contributed by atoms with Gasteiger partial charge in [-0.2, -0.15) is 0 Å². The van der Waals surface area contributed by atoms with E-state index < -0.39 is 11.7 Å². The van der Waals surface area contributed by atoms with Crippen molar-refractivity contribution in [2.45, 2.75) is 32.8 Å². The van der Waals surface area contributed by atoms with Gasteiger partial charge in [-0.1, -0.05) is 0 Å². The van der Waals surface area contributed by atoms with E-state index in [4.69, 9.17) is 15.4 Å². The molecule has 0 aromatic heterocycles. The molecule has 3 N–H and O–H groups in total. The summed E-state index contributed by atoms with van der Waals surface area (Å²) >= 11 is 0. The van der Waals surface area contributed by atoms with Crippen LogP contribution < -0.4 is 11.2 Å². The van der Waals surface area contributed by atoms with Crippen LogP contribution in [0.2, 0.25) is 0 Å². The van der Waals surface area contributed by atoms with E-state index in [0.29, 0.717) is 26.4 Å². The first kappa shape index (κ1) is 15.2. The second-order valence-corrected chi connectivity index (χ2v) is 4.27. The highest BCUT2D eigenvalue weighted by molar-refractivity contribution is 5.67. The second kappa shape index (κ2) is 8.32. The molecule has 0 rings (SSSR count). The van der Waals surface area contributed by atoms with E-state index in [2.05, 4.69) is 10.2 Å². The van der Waals surface area contributed by atoms with Gasteiger partial charge in [0.1, 0.15) is 5.60 Å². The molecule has 0 atom stereocenters. The lowest BCUT2D eigenvalue weighted by Crippen LogP contribution is -2.33. The van der Waals surface area contributed by atoms with E-state index in [9.17, 15) is 4.79 Å². The zero-order valence-corrected chi connectivity index (χ0v) is 10.2. The zero-order chi connectivity index (χ0) is 12.4. The lowest BCUT2D eigenvalue weighted by atomic mass is 10.2. The monoisotopic (exact) mass is 234 g/mol. The minimum absolute atomic E-state index is 0.374. The van der Waals surface area contributed by atoms with E-state index >= 15 is 0 Å². The second-order valence-electron chi connectivity index (χ2n) is 4.27. The topological polar surface area (TPSA) is 82.8 Å². The van der Waals surface area contributed by atoms with Gasteiger partial charge in [-0.15, -0.1) is 0 Å². The average molecular weight is 234 g/mol. The van der Waals surface area contributed by atoms with E-state index in [-0.39, 0.29) is 0 Å². The van der Waals surface area contributed by atoms with Gasteiger partial charge in [0.05, 0.1) is 13.2 Å². The molecule has 0 heterocycles. The highest BCUT2D eigenvalue weighted by atomic mass is 16.6. The number of carbonyl (C=O) groups excluding carboxylic acids is 1. The molecule has 1 amide bonds. The van der Waals surface area contributed by atoms with E-state index in [0.717, 1.165) is 6.42 Å². The molecule has 0 spiro atoms. The van der Waals surface area contributed by atoms with Crippen molar-refractivity contribution in [2.24, 2.45) is 5.90 Å². The summed E-state index contributed by atoms with van der Waals surface area (Å²) in [4.78, 5) is 15.5. The Kier molecular flexibility index (Phi) is 7.88. The summed E-state index contributed by atoms with van der Waals surface area (Å²) in [5, 5.41) is 2.63. The van der Waals surface area contributed by atoms with Gasteiger partial charge in [0.15, 0.2) is 0 Å². The Morgan fingerprint density at radius 1 is 1.25 bits per heavy atom. The largest absolute Gasteiger partial charge is 0.444 e. The molecule has 96 valence electrons. The highest BCUT2D eigenvalue weighted by Crippen LogP contribution is 2.06. The van der Waals surface area contributed by atoms with Gasteiger partial charge in [0.2, 0.25) is 0 Å². The Bertz CT molecular complexity index is 192. The van der Waals surface area contributed by atoms with Gasteiger partial charge < -0.3 is 19.6 Å². The standard InChI is InChI=1S/C10H22N2O4/c1-10(2,3)16-9(13)12-5-4-6-14-7-8-15-11/h4-8,11H2,1-3H3,(H,12,13). The third-order valence-corrected chi connectivity index (χ3v) is 1.48. The lowest BCUT2D eigenvalue weighted by Gasteiger charge is -2.19. The quantitative estimate of drug-likeness (QED) is 0.503. The van der Waals surface area contributed by atoms with Gasteiger partial charge in [-0.3, -0.25) is 0 Å². The van der Waals surface area contributed by atoms with Gasteiger partial charge in [-0.25, -0.2) is 10.7 Å². The minimum atomic E-state index is -0.459. The zero-order valence-electron chi connectivity index (χ0n) is 10.2. The normalized spacial score (nSPS) is 11.2. The molecule has 0 unspecified atom stereocenters. The van der Waals surface area contributed by atoms with Gasteiger partial charge in [0.25, 0.3) is 0 Å². The summed E-state index contributed by atoms with van der Waals surface area (Å²) in [6, 6.07) is 0. The fraction of sp³-hybridized carbons (Fsp3) is 0.900. The van der Waals surface area contributed by atoms with Crippen LogP contribution in [-0.4, -0.2) is 38.1 Å². The highest BCUT2D eigenvalue weighted by Gasteiger charge is 2.15. The lowest BCUT2D eigenvalue weighted by molar-refractivity contribution is 0.0435. The van der Waals surface area contributed by atoms with Crippen LogP contribution in [0.1, 0.15) is 27.2 Å². The number of hydrogen-bond acceptors (Lipinski definition) is 5. The number of hydrogen-bond donors (Lipinski definition) is 2. The number of ether oxygens (including phenoxy) is 2. The van der Waals surface area contributed by atoms with Crippen molar-refractivity contribution in [3.63, 3.8) is 0 Å².